The van der Waals surface area contributed by atoms with Crippen LogP contribution in [0.2, 0.25) is 0 Å². The minimum absolute atomic E-state index is 0.181. The summed E-state index contributed by atoms with van der Waals surface area (Å²) in [5.74, 6) is 0.603. The maximum Gasteiger partial charge on any atom is 0.123 e. The zero-order valence-corrected chi connectivity index (χ0v) is 13.1. The number of rotatable bonds is 5. The minimum Gasteiger partial charge on any atom is -0.497 e. The molecule has 0 amide bonds. The predicted octanol–water partition coefficient (Wildman–Crippen LogP) is 4.64. The van der Waals surface area contributed by atoms with Gasteiger partial charge in [0.05, 0.1) is 12.8 Å². The molecule has 1 atom stereocenters. The Labute approximate surface area is 127 Å². The maximum absolute atomic E-state index is 13.2. The summed E-state index contributed by atoms with van der Waals surface area (Å²) in [4.78, 5) is 0. The van der Waals surface area contributed by atoms with Gasteiger partial charge in [0.15, 0.2) is 0 Å². The number of hydrogen-bond donors (Lipinski definition) is 1. The van der Waals surface area contributed by atoms with Crippen LogP contribution in [0.25, 0.3) is 0 Å². The number of methoxy groups -OCH3 is 1. The Morgan fingerprint density at radius 2 is 2.05 bits per heavy atom. The van der Waals surface area contributed by atoms with Crippen molar-refractivity contribution < 1.29 is 9.13 Å². The van der Waals surface area contributed by atoms with Crippen LogP contribution in [-0.4, -0.2) is 13.2 Å². The molecule has 2 nitrogen and oxygen atoms in total. The van der Waals surface area contributed by atoms with Crippen LogP contribution in [0.4, 0.5) is 10.1 Å². The normalized spacial score (nSPS) is 12.0. The molecule has 0 fully saturated rings. The molecule has 0 aliphatic heterocycles. The van der Waals surface area contributed by atoms with E-state index in [1.807, 2.05) is 24.3 Å². The summed E-state index contributed by atoms with van der Waals surface area (Å²) in [6.07, 6.45) is 0.751. The molecule has 0 radical (unpaired) electrons. The van der Waals surface area contributed by atoms with Crippen molar-refractivity contribution in [3.8, 4) is 5.75 Å². The van der Waals surface area contributed by atoms with Crippen LogP contribution < -0.4 is 10.1 Å². The number of anilines is 1. The van der Waals surface area contributed by atoms with E-state index in [2.05, 4.69) is 28.2 Å². The van der Waals surface area contributed by atoms with E-state index in [-0.39, 0.29) is 11.9 Å². The zero-order chi connectivity index (χ0) is 14.5. The first kappa shape index (κ1) is 14.9. The fourth-order valence-corrected chi connectivity index (χ4v) is 2.44. The van der Waals surface area contributed by atoms with Crippen molar-refractivity contribution in [3.63, 3.8) is 0 Å². The highest BCUT2D eigenvalue weighted by molar-refractivity contribution is 9.10. The van der Waals surface area contributed by atoms with Gasteiger partial charge in [-0.05, 0) is 59.1 Å². The van der Waals surface area contributed by atoms with E-state index in [9.17, 15) is 4.39 Å². The lowest BCUT2D eigenvalue weighted by molar-refractivity contribution is 0.415. The van der Waals surface area contributed by atoms with Gasteiger partial charge in [0.1, 0.15) is 11.6 Å². The lowest BCUT2D eigenvalue weighted by Gasteiger charge is -2.17. The molecule has 0 aromatic heterocycles. The van der Waals surface area contributed by atoms with E-state index in [0.717, 1.165) is 27.9 Å². The Morgan fingerprint density at radius 3 is 2.75 bits per heavy atom. The van der Waals surface area contributed by atoms with Gasteiger partial charge < -0.3 is 10.1 Å². The van der Waals surface area contributed by atoms with Gasteiger partial charge in [-0.2, -0.15) is 0 Å². The second-order valence-electron chi connectivity index (χ2n) is 4.73. The van der Waals surface area contributed by atoms with Crippen molar-refractivity contribution in [2.24, 2.45) is 0 Å². The molecule has 0 bridgehead atoms. The minimum atomic E-state index is -0.197. The standard InChI is InChI=1S/C16H17BrFNO/c1-11(8-12-4-3-5-13(18)9-12)19-16-10-14(20-2)6-7-15(16)17/h3-7,9-11,19H,8H2,1-2H3. The first-order chi connectivity index (χ1) is 9.58. The summed E-state index contributed by atoms with van der Waals surface area (Å²) in [6, 6.07) is 12.6. The summed E-state index contributed by atoms with van der Waals surface area (Å²) >= 11 is 3.51. The van der Waals surface area contributed by atoms with Crippen LogP contribution in [0, 0.1) is 5.82 Å². The Hall–Kier alpha value is -1.55. The number of halogens is 2. The first-order valence-electron chi connectivity index (χ1n) is 6.43. The smallest absolute Gasteiger partial charge is 0.123 e. The molecule has 0 aliphatic rings. The molecule has 2 aromatic rings. The second-order valence-corrected chi connectivity index (χ2v) is 5.58. The molecule has 4 heteroatoms. The van der Waals surface area contributed by atoms with Gasteiger partial charge in [0, 0.05) is 16.6 Å². The van der Waals surface area contributed by atoms with Crippen LogP contribution in [0.1, 0.15) is 12.5 Å². The monoisotopic (exact) mass is 337 g/mol. The molecule has 0 heterocycles. The largest absolute Gasteiger partial charge is 0.497 e. The molecule has 20 heavy (non-hydrogen) atoms. The number of ether oxygens (including phenoxy) is 1. The molecule has 106 valence electrons. The van der Waals surface area contributed by atoms with Crippen molar-refractivity contribution in [2.75, 3.05) is 12.4 Å². The molecular weight excluding hydrogens is 321 g/mol. The molecule has 2 aromatic carbocycles. The molecule has 0 saturated carbocycles. The van der Waals surface area contributed by atoms with Gasteiger partial charge in [-0.1, -0.05) is 12.1 Å². The second kappa shape index (κ2) is 6.75. The van der Waals surface area contributed by atoms with Crippen molar-refractivity contribution in [1.82, 2.24) is 0 Å². The van der Waals surface area contributed by atoms with Gasteiger partial charge in [0.2, 0.25) is 0 Å². The fraction of sp³-hybridized carbons (Fsp3) is 0.250. The lowest BCUT2D eigenvalue weighted by atomic mass is 10.1. The molecular formula is C16H17BrFNO. The third-order valence-corrected chi connectivity index (χ3v) is 3.70. The van der Waals surface area contributed by atoms with E-state index in [1.54, 1.807) is 19.2 Å². The summed E-state index contributed by atoms with van der Waals surface area (Å²) in [7, 11) is 1.64. The summed E-state index contributed by atoms with van der Waals surface area (Å²) < 4.78 is 19.4. The average Bonchev–Trinajstić information content (AvgIpc) is 2.41. The van der Waals surface area contributed by atoms with Gasteiger partial charge in [-0.15, -0.1) is 0 Å². The van der Waals surface area contributed by atoms with Crippen LogP contribution in [0.15, 0.2) is 46.9 Å². The number of hydrogen-bond acceptors (Lipinski definition) is 2. The van der Waals surface area contributed by atoms with Crippen molar-refractivity contribution >= 4 is 21.6 Å². The fourth-order valence-electron chi connectivity index (χ4n) is 2.08. The van der Waals surface area contributed by atoms with Crippen molar-refractivity contribution in [2.45, 2.75) is 19.4 Å². The third kappa shape index (κ3) is 3.97. The topological polar surface area (TPSA) is 21.3 Å². The number of nitrogens with one attached hydrogen (secondary N) is 1. The average molecular weight is 338 g/mol. The van der Waals surface area contributed by atoms with E-state index in [1.165, 1.54) is 6.07 Å². The maximum atomic E-state index is 13.2. The van der Waals surface area contributed by atoms with Crippen molar-refractivity contribution in [3.05, 3.63) is 58.3 Å². The van der Waals surface area contributed by atoms with E-state index in [4.69, 9.17) is 4.74 Å². The summed E-state index contributed by atoms with van der Waals surface area (Å²) in [5, 5.41) is 3.40. The van der Waals surface area contributed by atoms with Crippen LogP contribution in [0.5, 0.6) is 5.75 Å². The van der Waals surface area contributed by atoms with Gasteiger partial charge in [0.25, 0.3) is 0 Å². The molecule has 0 aliphatic carbocycles. The first-order valence-corrected chi connectivity index (χ1v) is 7.22. The Kier molecular flexibility index (Phi) is 5.01. The molecule has 1 unspecified atom stereocenters. The predicted molar refractivity (Wildman–Crippen MR) is 83.9 cm³/mol. The van der Waals surface area contributed by atoms with Gasteiger partial charge >= 0.3 is 0 Å². The van der Waals surface area contributed by atoms with E-state index < -0.39 is 0 Å². The molecule has 0 spiro atoms. The zero-order valence-electron chi connectivity index (χ0n) is 11.5. The lowest BCUT2D eigenvalue weighted by Crippen LogP contribution is -2.18. The molecule has 0 saturated heterocycles. The molecule has 2 rings (SSSR count). The highest BCUT2D eigenvalue weighted by Crippen LogP contribution is 2.28. The van der Waals surface area contributed by atoms with E-state index in [0.29, 0.717) is 0 Å². The van der Waals surface area contributed by atoms with Gasteiger partial charge in [-0.3, -0.25) is 0 Å². The summed E-state index contributed by atoms with van der Waals surface area (Å²) in [6.45, 7) is 2.07. The highest BCUT2D eigenvalue weighted by atomic mass is 79.9. The van der Waals surface area contributed by atoms with Crippen LogP contribution in [0.3, 0.4) is 0 Å². The van der Waals surface area contributed by atoms with Crippen molar-refractivity contribution in [1.29, 1.82) is 0 Å². The quantitative estimate of drug-likeness (QED) is 0.858. The third-order valence-electron chi connectivity index (χ3n) is 3.01. The number of benzene rings is 2. The highest BCUT2D eigenvalue weighted by Gasteiger charge is 2.08. The van der Waals surface area contributed by atoms with E-state index >= 15 is 0 Å². The Balaban J connectivity index is 2.06. The van der Waals surface area contributed by atoms with Crippen LogP contribution in [-0.2, 0) is 6.42 Å². The Bertz CT molecular complexity index is 588. The molecule has 1 N–H and O–H groups in total. The van der Waals surface area contributed by atoms with Gasteiger partial charge in [-0.25, -0.2) is 4.39 Å². The Morgan fingerprint density at radius 1 is 1.25 bits per heavy atom. The summed E-state index contributed by atoms with van der Waals surface area (Å²) in [5.41, 5.74) is 1.94. The van der Waals surface area contributed by atoms with Crippen LogP contribution >= 0.6 is 15.9 Å². The SMILES string of the molecule is COc1ccc(Br)c(NC(C)Cc2cccc(F)c2)c1.